The van der Waals surface area contributed by atoms with Crippen LogP contribution >= 0.6 is 11.6 Å². The summed E-state index contributed by atoms with van der Waals surface area (Å²) < 4.78 is 6.84. The molecule has 0 fully saturated rings. The Morgan fingerprint density at radius 3 is 2.55 bits per heavy atom. The van der Waals surface area contributed by atoms with Crippen LogP contribution in [0.15, 0.2) is 36.5 Å². The van der Waals surface area contributed by atoms with Gasteiger partial charge in [-0.05, 0) is 43.2 Å². The van der Waals surface area contributed by atoms with Gasteiger partial charge in [0.05, 0.1) is 41.7 Å². The summed E-state index contributed by atoms with van der Waals surface area (Å²) in [6.07, 6.45) is 1.54. The van der Waals surface area contributed by atoms with Crippen LogP contribution in [-0.4, -0.2) is 27.2 Å². The van der Waals surface area contributed by atoms with Crippen molar-refractivity contribution in [3.8, 4) is 23.3 Å². The fraction of sp³-hybridized carbons (Fsp3) is 0.217. The second-order valence-corrected chi connectivity index (χ2v) is 7.09. The number of carbonyl (C=O) groups excluding carboxylic acids is 1. The van der Waals surface area contributed by atoms with Gasteiger partial charge in [-0.1, -0.05) is 23.7 Å². The zero-order valence-electron chi connectivity index (χ0n) is 17.0. The molecule has 31 heavy (non-hydrogen) atoms. The summed E-state index contributed by atoms with van der Waals surface area (Å²) in [4.78, 5) is 16.2. The highest BCUT2D eigenvalue weighted by atomic mass is 35.5. The summed E-state index contributed by atoms with van der Waals surface area (Å²) >= 11 is 6.05. The van der Waals surface area contributed by atoms with Crippen LogP contribution in [0.5, 0.6) is 0 Å². The fourth-order valence-corrected chi connectivity index (χ4v) is 3.65. The molecule has 7 nitrogen and oxygen atoms in total. The molecule has 0 saturated heterocycles. The number of benzene rings is 1. The Kier molecular flexibility index (Phi) is 6.71. The monoisotopic (exact) mass is 434 g/mol. The number of aliphatic hydroxyl groups is 1. The van der Waals surface area contributed by atoms with E-state index < -0.39 is 5.97 Å². The van der Waals surface area contributed by atoms with Crippen molar-refractivity contribution in [2.24, 2.45) is 0 Å². The van der Waals surface area contributed by atoms with Crippen LogP contribution in [0.2, 0.25) is 5.15 Å². The highest BCUT2D eigenvalue weighted by Gasteiger charge is 2.22. The Labute approximate surface area is 184 Å². The van der Waals surface area contributed by atoms with Crippen LogP contribution in [0.25, 0.3) is 11.1 Å². The molecule has 0 aliphatic rings. The number of pyridine rings is 1. The van der Waals surface area contributed by atoms with Crippen molar-refractivity contribution < 1.29 is 14.6 Å². The van der Waals surface area contributed by atoms with E-state index in [0.717, 1.165) is 11.3 Å². The van der Waals surface area contributed by atoms with E-state index >= 15 is 0 Å². The maximum Gasteiger partial charge on any atom is 0.341 e. The molecule has 0 aliphatic heterocycles. The number of ether oxygens (including phenoxy) is 1. The molecule has 0 unspecified atom stereocenters. The first-order valence-corrected chi connectivity index (χ1v) is 9.87. The minimum atomic E-state index is -0.565. The van der Waals surface area contributed by atoms with Crippen molar-refractivity contribution in [3.05, 3.63) is 75.3 Å². The van der Waals surface area contributed by atoms with E-state index in [1.807, 2.05) is 11.5 Å². The van der Waals surface area contributed by atoms with Crippen molar-refractivity contribution in [3.63, 3.8) is 0 Å². The molecule has 0 aliphatic carbocycles. The van der Waals surface area contributed by atoms with E-state index in [-0.39, 0.29) is 30.5 Å². The summed E-state index contributed by atoms with van der Waals surface area (Å²) in [7, 11) is 0. The summed E-state index contributed by atoms with van der Waals surface area (Å²) in [5.41, 5.74) is 4.36. The molecule has 0 spiro atoms. The van der Waals surface area contributed by atoms with Crippen molar-refractivity contribution in [1.82, 2.24) is 9.55 Å². The molecule has 0 radical (unpaired) electrons. The van der Waals surface area contributed by atoms with E-state index in [2.05, 4.69) is 17.1 Å². The van der Waals surface area contributed by atoms with E-state index in [1.165, 1.54) is 0 Å². The fourth-order valence-electron chi connectivity index (χ4n) is 3.47. The van der Waals surface area contributed by atoms with E-state index in [0.29, 0.717) is 27.9 Å². The van der Waals surface area contributed by atoms with Crippen LogP contribution in [0, 0.1) is 29.6 Å². The number of halogens is 1. The smallest absolute Gasteiger partial charge is 0.341 e. The Balaban J connectivity index is 2.09. The zero-order chi connectivity index (χ0) is 22.5. The second-order valence-electron chi connectivity index (χ2n) is 6.73. The van der Waals surface area contributed by atoms with Gasteiger partial charge in [0.2, 0.25) is 0 Å². The van der Waals surface area contributed by atoms with Crippen LogP contribution < -0.4 is 0 Å². The quantitative estimate of drug-likeness (QED) is 0.464. The normalized spacial score (nSPS) is 10.4. The average molecular weight is 435 g/mol. The maximum absolute atomic E-state index is 12.1. The molecule has 1 aromatic carbocycles. The summed E-state index contributed by atoms with van der Waals surface area (Å²) in [5.74, 6) is -0.565. The molecule has 0 saturated carbocycles. The molecule has 2 heterocycles. The first-order chi connectivity index (χ1) is 14.9. The van der Waals surface area contributed by atoms with Gasteiger partial charge in [-0.15, -0.1) is 0 Å². The molecule has 0 atom stereocenters. The van der Waals surface area contributed by atoms with Crippen molar-refractivity contribution in [1.29, 1.82) is 10.5 Å². The van der Waals surface area contributed by atoms with Crippen LogP contribution in [0.1, 0.15) is 45.4 Å². The third-order valence-corrected chi connectivity index (χ3v) is 5.23. The van der Waals surface area contributed by atoms with Crippen LogP contribution in [0.4, 0.5) is 0 Å². The Morgan fingerprint density at radius 2 is 1.97 bits per heavy atom. The lowest BCUT2D eigenvalue weighted by atomic mass is 10.00. The third kappa shape index (κ3) is 4.29. The maximum atomic E-state index is 12.1. The molecule has 1 N–H and O–H groups in total. The van der Waals surface area contributed by atoms with Gasteiger partial charge in [0, 0.05) is 24.0 Å². The molecular weight excluding hydrogens is 416 g/mol. The lowest BCUT2D eigenvalue weighted by molar-refractivity contribution is 0.0526. The third-order valence-electron chi connectivity index (χ3n) is 4.93. The number of rotatable bonds is 6. The lowest BCUT2D eigenvalue weighted by Gasteiger charge is -2.12. The molecule has 0 amide bonds. The predicted octanol–water partition coefficient (Wildman–Crippen LogP) is 3.97. The Hall–Kier alpha value is -3.65. The van der Waals surface area contributed by atoms with Gasteiger partial charge < -0.3 is 14.4 Å². The van der Waals surface area contributed by atoms with Crippen molar-refractivity contribution >= 4 is 17.6 Å². The summed E-state index contributed by atoms with van der Waals surface area (Å²) in [6.45, 7) is 3.69. The number of esters is 1. The van der Waals surface area contributed by atoms with E-state index in [4.69, 9.17) is 21.6 Å². The number of aliphatic hydroxyl groups excluding tert-OH is 1. The molecule has 2 aromatic heterocycles. The van der Waals surface area contributed by atoms with E-state index in [1.54, 1.807) is 43.5 Å². The van der Waals surface area contributed by atoms with Gasteiger partial charge in [-0.2, -0.15) is 10.5 Å². The predicted molar refractivity (Wildman–Crippen MR) is 114 cm³/mol. The summed E-state index contributed by atoms with van der Waals surface area (Å²) in [5, 5.41) is 28.9. The zero-order valence-corrected chi connectivity index (χ0v) is 17.8. The van der Waals surface area contributed by atoms with E-state index in [9.17, 15) is 15.2 Å². The molecule has 3 aromatic rings. The van der Waals surface area contributed by atoms with Crippen molar-refractivity contribution in [2.45, 2.75) is 27.0 Å². The first kappa shape index (κ1) is 22.0. The average Bonchev–Trinajstić information content (AvgIpc) is 3.05. The van der Waals surface area contributed by atoms with Crippen LogP contribution in [-0.2, 0) is 17.9 Å². The van der Waals surface area contributed by atoms with Gasteiger partial charge in [0.1, 0.15) is 11.2 Å². The minimum Gasteiger partial charge on any atom is -0.462 e. The number of nitrogens with zero attached hydrogens (tertiary/aromatic N) is 4. The standard InChI is InChI=1S/C23H19ClN4O3/c1-3-31-23(30)18-8-16(11-27-22(18)24)12-28-14(2)21(19(10-26)20(28)13-29)17-6-4-15(9-25)5-7-17/h4-8,11,29H,3,12-13H2,1-2H3. The number of hydrogen-bond acceptors (Lipinski definition) is 6. The highest BCUT2D eigenvalue weighted by molar-refractivity contribution is 6.32. The topological polar surface area (TPSA) is 112 Å². The SMILES string of the molecule is CCOC(=O)c1cc(Cn2c(C)c(-c3ccc(C#N)cc3)c(C#N)c2CO)cnc1Cl. The van der Waals surface area contributed by atoms with Gasteiger partial charge in [0.15, 0.2) is 0 Å². The molecule has 3 rings (SSSR count). The Morgan fingerprint density at radius 1 is 1.26 bits per heavy atom. The number of hydrogen-bond donors (Lipinski definition) is 1. The highest BCUT2D eigenvalue weighted by Crippen LogP contribution is 2.33. The number of carbonyl (C=O) groups is 1. The molecule has 8 heteroatoms. The lowest BCUT2D eigenvalue weighted by Crippen LogP contribution is -2.10. The summed E-state index contributed by atoms with van der Waals surface area (Å²) in [6, 6.07) is 12.8. The van der Waals surface area contributed by atoms with Gasteiger partial charge >= 0.3 is 5.97 Å². The molecular formula is C23H19ClN4O3. The minimum absolute atomic E-state index is 0.0461. The number of aromatic nitrogens is 2. The molecule has 0 bridgehead atoms. The molecule has 156 valence electrons. The largest absolute Gasteiger partial charge is 0.462 e. The van der Waals surface area contributed by atoms with Crippen LogP contribution in [0.3, 0.4) is 0 Å². The van der Waals surface area contributed by atoms with Gasteiger partial charge in [-0.3, -0.25) is 0 Å². The van der Waals surface area contributed by atoms with Gasteiger partial charge in [-0.25, -0.2) is 9.78 Å². The second kappa shape index (κ2) is 9.44. The Bertz CT molecular complexity index is 1220. The van der Waals surface area contributed by atoms with Gasteiger partial charge in [0.25, 0.3) is 0 Å². The number of nitriles is 2. The van der Waals surface area contributed by atoms with Crippen molar-refractivity contribution in [2.75, 3.05) is 6.61 Å². The first-order valence-electron chi connectivity index (χ1n) is 9.50.